The lowest BCUT2D eigenvalue weighted by atomic mass is 10.1. The van der Waals surface area contributed by atoms with Gasteiger partial charge in [-0.15, -0.1) is 0 Å². The highest BCUT2D eigenvalue weighted by molar-refractivity contribution is 6.30. The fraction of sp³-hybridized carbons (Fsp3) is 0.667. The molecular weight excluding hydrogens is 172 g/mol. The van der Waals surface area contributed by atoms with Crippen LogP contribution in [-0.2, 0) is 13.0 Å². The maximum atomic E-state index is 5.94. The molecule has 1 aromatic heterocycles. The molecular formula is C9H15ClN2. The van der Waals surface area contributed by atoms with Crippen molar-refractivity contribution in [1.29, 1.82) is 0 Å². The average Bonchev–Trinajstić information content (AvgIpc) is 2.31. The Bertz CT molecular complexity index is 253. The zero-order chi connectivity index (χ0) is 9.14. The predicted octanol–water partition coefficient (Wildman–Crippen LogP) is 2.75. The molecule has 1 rings (SSSR count). The summed E-state index contributed by atoms with van der Waals surface area (Å²) in [6, 6.07) is 0. The summed E-state index contributed by atoms with van der Waals surface area (Å²) in [7, 11) is 0. The SMILES string of the molecule is CCn1cc(CC(C)C)c(Cl)n1. The van der Waals surface area contributed by atoms with E-state index in [2.05, 4.69) is 25.9 Å². The first kappa shape index (κ1) is 9.59. The fourth-order valence-corrected chi connectivity index (χ4v) is 1.40. The molecule has 3 heteroatoms. The lowest BCUT2D eigenvalue weighted by Crippen LogP contribution is -1.94. The summed E-state index contributed by atoms with van der Waals surface area (Å²) in [4.78, 5) is 0. The molecule has 0 spiro atoms. The van der Waals surface area contributed by atoms with Gasteiger partial charge in [0.05, 0.1) is 0 Å². The molecule has 12 heavy (non-hydrogen) atoms. The first-order valence-electron chi connectivity index (χ1n) is 4.35. The van der Waals surface area contributed by atoms with Crippen LogP contribution in [0.3, 0.4) is 0 Å². The molecule has 0 N–H and O–H groups in total. The van der Waals surface area contributed by atoms with Crippen LogP contribution < -0.4 is 0 Å². The third-order valence-electron chi connectivity index (χ3n) is 1.74. The summed E-state index contributed by atoms with van der Waals surface area (Å²) in [5, 5.41) is 4.82. The van der Waals surface area contributed by atoms with Crippen LogP contribution in [0.1, 0.15) is 26.3 Å². The summed E-state index contributed by atoms with van der Waals surface area (Å²) >= 11 is 5.94. The van der Waals surface area contributed by atoms with Gasteiger partial charge in [-0.05, 0) is 19.3 Å². The zero-order valence-corrected chi connectivity index (χ0v) is 8.60. The topological polar surface area (TPSA) is 17.8 Å². The van der Waals surface area contributed by atoms with Crippen molar-refractivity contribution in [1.82, 2.24) is 9.78 Å². The van der Waals surface area contributed by atoms with Crippen molar-refractivity contribution in [2.45, 2.75) is 33.7 Å². The van der Waals surface area contributed by atoms with Crippen LogP contribution in [0.2, 0.25) is 5.15 Å². The van der Waals surface area contributed by atoms with E-state index in [1.165, 1.54) is 0 Å². The minimum atomic E-state index is 0.636. The molecule has 0 aliphatic carbocycles. The summed E-state index contributed by atoms with van der Waals surface area (Å²) in [6.45, 7) is 7.31. The number of hydrogen-bond acceptors (Lipinski definition) is 1. The Hall–Kier alpha value is -0.500. The normalized spacial score (nSPS) is 11.1. The maximum Gasteiger partial charge on any atom is 0.154 e. The van der Waals surface area contributed by atoms with E-state index in [-0.39, 0.29) is 0 Å². The van der Waals surface area contributed by atoms with Crippen LogP contribution in [0.15, 0.2) is 6.20 Å². The summed E-state index contributed by atoms with van der Waals surface area (Å²) in [6.07, 6.45) is 3.04. The van der Waals surface area contributed by atoms with E-state index in [9.17, 15) is 0 Å². The van der Waals surface area contributed by atoms with Crippen LogP contribution in [0.4, 0.5) is 0 Å². The van der Waals surface area contributed by atoms with E-state index in [4.69, 9.17) is 11.6 Å². The molecule has 0 unspecified atom stereocenters. The number of nitrogens with zero attached hydrogens (tertiary/aromatic N) is 2. The second-order valence-electron chi connectivity index (χ2n) is 3.40. The monoisotopic (exact) mass is 186 g/mol. The number of aromatic nitrogens is 2. The minimum absolute atomic E-state index is 0.636. The second kappa shape index (κ2) is 3.94. The van der Waals surface area contributed by atoms with Crippen LogP contribution in [0.25, 0.3) is 0 Å². The van der Waals surface area contributed by atoms with E-state index in [0.717, 1.165) is 18.5 Å². The van der Waals surface area contributed by atoms with Crippen LogP contribution in [0.5, 0.6) is 0 Å². The molecule has 1 heterocycles. The molecule has 0 bridgehead atoms. The second-order valence-corrected chi connectivity index (χ2v) is 3.76. The zero-order valence-electron chi connectivity index (χ0n) is 7.84. The fourth-order valence-electron chi connectivity index (χ4n) is 1.18. The molecule has 0 aliphatic heterocycles. The van der Waals surface area contributed by atoms with Gasteiger partial charge in [0.1, 0.15) is 0 Å². The van der Waals surface area contributed by atoms with Crippen molar-refractivity contribution < 1.29 is 0 Å². The largest absolute Gasteiger partial charge is 0.271 e. The van der Waals surface area contributed by atoms with Crippen LogP contribution in [0, 0.1) is 5.92 Å². The van der Waals surface area contributed by atoms with Gasteiger partial charge in [0.2, 0.25) is 0 Å². The number of halogens is 1. The Morgan fingerprint density at radius 1 is 1.58 bits per heavy atom. The Labute approximate surface area is 78.5 Å². The Kier molecular flexibility index (Phi) is 3.15. The lowest BCUT2D eigenvalue weighted by Gasteiger charge is -2.00. The van der Waals surface area contributed by atoms with E-state index in [1.807, 2.05) is 10.9 Å². The Balaban J connectivity index is 2.77. The van der Waals surface area contributed by atoms with Crippen LogP contribution in [-0.4, -0.2) is 9.78 Å². The van der Waals surface area contributed by atoms with Crippen molar-refractivity contribution in [2.75, 3.05) is 0 Å². The van der Waals surface area contributed by atoms with Crippen molar-refractivity contribution in [3.63, 3.8) is 0 Å². The van der Waals surface area contributed by atoms with Gasteiger partial charge < -0.3 is 0 Å². The molecule has 68 valence electrons. The summed E-state index contributed by atoms with van der Waals surface area (Å²) in [5.74, 6) is 0.636. The number of aryl methyl sites for hydroxylation is 1. The van der Waals surface area contributed by atoms with Crippen molar-refractivity contribution in [3.8, 4) is 0 Å². The first-order valence-corrected chi connectivity index (χ1v) is 4.73. The van der Waals surface area contributed by atoms with E-state index >= 15 is 0 Å². The predicted molar refractivity (Wildman–Crippen MR) is 51.5 cm³/mol. The molecule has 0 saturated heterocycles. The van der Waals surface area contributed by atoms with Crippen molar-refractivity contribution in [2.24, 2.45) is 5.92 Å². The Morgan fingerprint density at radius 2 is 2.25 bits per heavy atom. The van der Waals surface area contributed by atoms with E-state index < -0.39 is 0 Å². The molecule has 0 amide bonds. The van der Waals surface area contributed by atoms with Gasteiger partial charge in [-0.2, -0.15) is 5.10 Å². The van der Waals surface area contributed by atoms with Gasteiger partial charge >= 0.3 is 0 Å². The molecule has 2 nitrogen and oxygen atoms in total. The molecule has 0 saturated carbocycles. The standard InChI is InChI=1S/C9H15ClN2/c1-4-12-6-8(5-7(2)3)9(10)11-12/h6-7H,4-5H2,1-3H3. The number of rotatable bonds is 3. The first-order chi connectivity index (χ1) is 5.63. The van der Waals surface area contributed by atoms with Gasteiger partial charge in [0.25, 0.3) is 0 Å². The smallest absolute Gasteiger partial charge is 0.154 e. The highest BCUT2D eigenvalue weighted by Crippen LogP contribution is 2.16. The third-order valence-corrected chi connectivity index (χ3v) is 2.06. The molecule has 0 aromatic carbocycles. The Morgan fingerprint density at radius 3 is 2.67 bits per heavy atom. The van der Waals surface area contributed by atoms with Gasteiger partial charge in [0.15, 0.2) is 5.15 Å². The molecule has 0 radical (unpaired) electrons. The lowest BCUT2D eigenvalue weighted by molar-refractivity contribution is 0.640. The molecule has 1 aromatic rings. The van der Waals surface area contributed by atoms with Crippen molar-refractivity contribution >= 4 is 11.6 Å². The molecule has 0 aliphatic rings. The van der Waals surface area contributed by atoms with E-state index in [0.29, 0.717) is 11.1 Å². The number of hydrogen-bond donors (Lipinski definition) is 0. The molecule has 0 atom stereocenters. The van der Waals surface area contributed by atoms with Gasteiger partial charge in [-0.25, -0.2) is 0 Å². The average molecular weight is 187 g/mol. The highest BCUT2D eigenvalue weighted by Gasteiger charge is 2.06. The third kappa shape index (κ3) is 2.24. The quantitative estimate of drug-likeness (QED) is 0.710. The van der Waals surface area contributed by atoms with Gasteiger partial charge in [-0.3, -0.25) is 4.68 Å². The van der Waals surface area contributed by atoms with Gasteiger partial charge in [-0.1, -0.05) is 25.4 Å². The highest BCUT2D eigenvalue weighted by atomic mass is 35.5. The molecule has 0 fully saturated rings. The summed E-state index contributed by atoms with van der Waals surface area (Å²) < 4.78 is 1.88. The van der Waals surface area contributed by atoms with Gasteiger partial charge in [0, 0.05) is 18.3 Å². The van der Waals surface area contributed by atoms with Crippen LogP contribution >= 0.6 is 11.6 Å². The minimum Gasteiger partial charge on any atom is -0.271 e. The maximum absolute atomic E-state index is 5.94. The summed E-state index contributed by atoms with van der Waals surface area (Å²) in [5.41, 5.74) is 1.16. The van der Waals surface area contributed by atoms with E-state index in [1.54, 1.807) is 0 Å². The van der Waals surface area contributed by atoms with Crippen molar-refractivity contribution in [3.05, 3.63) is 16.9 Å².